The van der Waals surface area contributed by atoms with Crippen LogP contribution in [0.1, 0.15) is 19.8 Å². The second kappa shape index (κ2) is 9.54. The Bertz CT molecular complexity index is 535. The Kier molecular flexibility index (Phi) is 7.39. The molecule has 0 bridgehead atoms. The third kappa shape index (κ3) is 6.05. The zero-order valence-electron chi connectivity index (χ0n) is 13.9. The molecule has 0 radical (unpaired) electrons. The first-order valence-corrected chi connectivity index (χ1v) is 9.25. The average molecular weight is 351 g/mol. The fraction of sp³-hybridized carbons (Fsp3) is 0.529. The number of benzene rings is 1. The first-order valence-electron chi connectivity index (χ1n) is 8.26. The highest BCUT2D eigenvalue weighted by Gasteiger charge is 2.34. The van der Waals surface area contributed by atoms with Gasteiger partial charge in [-0.1, -0.05) is 25.1 Å². The van der Waals surface area contributed by atoms with E-state index in [0.717, 1.165) is 18.6 Å². The second-order valence-corrected chi connectivity index (χ2v) is 7.01. The van der Waals surface area contributed by atoms with Crippen molar-refractivity contribution >= 4 is 23.8 Å². The van der Waals surface area contributed by atoms with Crippen LogP contribution in [-0.2, 0) is 4.79 Å². The molecule has 0 spiro atoms. The van der Waals surface area contributed by atoms with Gasteiger partial charge >= 0.3 is 12.0 Å². The van der Waals surface area contributed by atoms with E-state index in [9.17, 15) is 9.59 Å². The van der Waals surface area contributed by atoms with Crippen LogP contribution in [0.15, 0.2) is 35.2 Å². The van der Waals surface area contributed by atoms with Crippen LogP contribution in [0.5, 0.6) is 0 Å². The van der Waals surface area contributed by atoms with Gasteiger partial charge in [0.25, 0.3) is 0 Å². The van der Waals surface area contributed by atoms with E-state index in [1.54, 1.807) is 11.8 Å². The maximum atomic E-state index is 11.8. The number of thioether (sulfide) groups is 1. The van der Waals surface area contributed by atoms with E-state index in [0.29, 0.717) is 13.1 Å². The van der Waals surface area contributed by atoms with Gasteiger partial charge in [-0.25, -0.2) is 4.79 Å². The lowest BCUT2D eigenvalue weighted by Gasteiger charge is -2.42. The molecule has 0 unspecified atom stereocenters. The standard InChI is InChI=1S/C17H25N3O3S/c1-2-20(12-16(21)22)14-10-13(11-14)19-17(23)18-8-9-24-15-6-4-3-5-7-15/h3-7,13-14H,2,8-12H2,1H3,(H,21,22)(H2,18,19,23). The lowest BCUT2D eigenvalue weighted by Crippen LogP contribution is -2.56. The van der Waals surface area contributed by atoms with E-state index < -0.39 is 5.97 Å². The topological polar surface area (TPSA) is 81.7 Å². The monoisotopic (exact) mass is 351 g/mol. The van der Waals surface area contributed by atoms with Crippen LogP contribution >= 0.6 is 11.8 Å². The summed E-state index contributed by atoms with van der Waals surface area (Å²) in [6.45, 7) is 3.35. The highest BCUT2D eigenvalue weighted by atomic mass is 32.2. The van der Waals surface area contributed by atoms with Gasteiger partial charge in [0.2, 0.25) is 0 Å². The number of urea groups is 1. The summed E-state index contributed by atoms with van der Waals surface area (Å²) < 4.78 is 0. The Morgan fingerprint density at radius 3 is 2.62 bits per heavy atom. The van der Waals surface area contributed by atoms with E-state index >= 15 is 0 Å². The largest absolute Gasteiger partial charge is 0.480 e. The molecule has 1 aromatic rings. The highest BCUT2D eigenvalue weighted by molar-refractivity contribution is 7.99. The number of likely N-dealkylation sites (N-methyl/N-ethyl adjacent to an activating group) is 1. The van der Waals surface area contributed by atoms with Crippen molar-refractivity contribution in [3.63, 3.8) is 0 Å². The first kappa shape index (κ1) is 18.6. The number of carbonyl (C=O) groups excluding carboxylic acids is 1. The molecule has 0 saturated heterocycles. The van der Waals surface area contributed by atoms with Crippen molar-refractivity contribution in [2.24, 2.45) is 0 Å². The minimum atomic E-state index is -0.804. The molecule has 1 aliphatic carbocycles. The summed E-state index contributed by atoms with van der Waals surface area (Å²) in [7, 11) is 0. The van der Waals surface area contributed by atoms with Gasteiger partial charge in [-0.15, -0.1) is 11.8 Å². The Hall–Kier alpha value is -1.73. The summed E-state index contributed by atoms with van der Waals surface area (Å²) in [4.78, 5) is 25.8. The van der Waals surface area contributed by atoms with Crippen LogP contribution in [0.3, 0.4) is 0 Å². The lowest BCUT2D eigenvalue weighted by atomic mass is 9.85. The van der Waals surface area contributed by atoms with Crippen molar-refractivity contribution in [1.29, 1.82) is 0 Å². The molecule has 3 N–H and O–H groups in total. The number of nitrogens with one attached hydrogen (secondary N) is 2. The maximum Gasteiger partial charge on any atom is 0.317 e. The zero-order chi connectivity index (χ0) is 17.4. The fourth-order valence-corrected chi connectivity index (χ4v) is 3.55. The number of hydrogen-bond donors (Lipinski definition) is 3. The molecular formula is C17H25N3O3S. The van der Waals surface area contributed by atoms with Crippen LogP contribution < -0.4 is 10.6 Å². The van der Waals surface area contributed by atoms with Crippen molar-refractivity contribution in [1.82, 2.24) is 15.5 Å². The number of carbonyl (C=O) groups is 2. The summed E-state index contributed by atoms with van der Waals surface area (Å²) in [5.41, 5.74) is 0. The molecule has 0 atom stereocenters. The molecule has 2 amide bonds. The molecule has 1 saturated carbocycles. The minimum Gasteiger partial charge on any atom is -0.480 e. The summed E-state index contributed by atoms with van der Waals surface area (Å²) >= 11 is 1.71. The van der Waals surface area contributed by atoms with Crippen molar-refractivity contribution in [3.8, 4) is 0 Å². The molecule has 6 nitrogen and oxygen atoms in total. The molecule has 24 heavy (non-hydrogen) atoms. The average Bonchev–Trinajstić information content (AvgIpc) is 2.53. The van der Waals surface area contributed by atoms with Crippen LogP contribution in [0.2, 0.25) is 0 Å². The van der Waals surface area contributed by atoms with Gasteiger partial charge in [-0.2, -0.15) is 0 Å². The lowest BCUT2D eigenvalue weighted by molar-refractivity contribution is -0.139. The number of rotatable bonds is 9. The SMILES string of the molecule is CCN(CC(=O)O)C1CC(NC(=O)NCCSc2ccccc2)C1. The molecule has 0 aromatic heterocycles. The second-order valence-electron chi connectivity index (χ2n) is 5.84. The van der Waals surface area contributed by atoms with Crippen molar-refractivity contribution in [2.75, 3.05) is 25.4 Å². The van der Waals surface area contributed by atoms with Crippen LogP contribution in [0.4, 0.5) is 4.79 Å². The molecule has 1 fully saturated rings. The van der Waals surface area contributed by atoms with E-state index in [1.807, 2.05) is 30.0 Å². The first-order chi connectivity index (χ1) is 11.6. The van der Waals surface area contributed by atoms with Crippen LogP contribution in [-0.4, -0.2) is 59.5 Å². The van der Waals surface area contributed by atoms with Gasteiger partial charge in [0.05, 0.1) is 6.54 Å². The summed E-state index contributed by atoms with van der Waals surface area (Å²) in [5, 5.41) is 14.7. The van der Waals surface area contributed by atoms with Gasteiger partial charge in [0, 0.05) is 29.3 Å². The molecule has 7 heteroatoms. The number of carboxylic acid groups (broad SMARTS) is 1. The smallest absolute Gasteiger partial charge is 0.317 e. The Balaban J connectivity index is 1.56. The molecule has 0 heterocycles. The van der Waals surface area contributed by atoms with Crippen LogP contribution in [0, 0.1) is 0 Å². The van der Waals surface area contributed by atoms with Crippen molar-refractivity contribution < 1.29 is 14.7 Å². The van der Waals surface area contributed by atoms with Crippen molar-refractivity contribution in [2.45, 2.75) is 36.7 Å². The van der Waals surface area contributed by atoms with Gasteiger partial charge in [0.15, 0.2) is 0 Å². The molecular weight excluding hydrogens is 326 g/mol. The molecule has 132 valence electrons. The number of nitrogens with zero attached hydrogens (tertiary/aromatic N) is 1. The normalized spacial score (nSPS) is 19.6. The third-order valence-electron chi connectivity index (χ3n) is 4.11. The summed E-state index contributed by atoms with van der Waals surface area (Å²) in [6.07, 6.45) is 1.63. The number of hydrogen-bond acceptors (Lipinski definition) is 4. The van der Waals surface area contributed by atoms with E-state index in [-0.39, 0.29) is 24.7 Å². The Morgan fingerprint density at radius 2 is 2.00 bits per heavy atom. The van der Waals surface area contributed by atoms with Gasteiger partial charge in [0.1, 0.15) is 0 Å². The highest BCUT2D eigenvalue weighted by Crippen LogP contribution is 2.25. The maximum absolute atomic E-state index is 11.8. The zero-order valence-corrected chi connectivity index (χ0v) is 14.7. The third-order valence-corrected chi connectivity index (χ3v) is 5.12. The van der Waals surface area contributed by atoms with E-state index in [1.165, 1.54) is 4.90 Å². The Morgan fingerprint density at radius 1 is 1.29 bits per heavy atom. The molecule has 0 aliphatic heterocycles. The number of carboxylic acids is 1. The summed E-state index contributed by atoms with van der Waals surface area (Å²) in [5.74, 6) is 0.0226. The molecule has 1 aromatic carbocycles. The van der Waals surface area contributed by atoms with Gasteiger partial charge in [-0.05, 0) is 31.5 Å². The minimum absolute atomic E-state index is 0.0663. The van der Waals surface area contributed by atoms with E-state index in [4.69, 9.17) is 5.11 Å². The van der Waals surface area contributed by atoms with E-state index in [2.05, 4.69) is 22.8 Å². The van der Waals surface area contributed by atoms with Crippen molar-refractivity contribution in [3.05, 3.63) is 30.3 Å². The molecule has 1 aliphatic rings. The quantitative estimate of drug-likeness (QED) is 0.468. The molecule has 2 rings (SSSR count). The number of amides is 2. The Labute approximate surface area is 147 Å². The number of aliphatic carboxylic acids is 1. The predicted molar refractivity (Wildman–Crippen MR) is 95.4 cm³/mol. The summed E-state index contributed by atoms with van der Waals surface area (Å²) in [6, 6.07) is 10.3. The van der Waals surface area contributed by atoms with Crippen LogP contribution in [0.25, 0.3) is 0 Å². The predicted octanol–water partition coefficient (Wildman–Crippen LogP) is 2.02. The fourth-order valence-electron chi connectivity index (χ4n) is 2.76. The van der Waals surface area contributed by atoms with Gasteiger partial charge < -0.3 is 15.7 Å². The van der Waals surface area contributed by atoms with Gasteiger partial charge in [-0.3, -0.25) is 9.69 Å².